The minimum Gasteiger partial charge on any atom is -0.481 e. The van der Waals surface area contributed by atoms with Crippen LogP contribution in [-0.4, -0.2) is 103 Å². The van der Waals surface area contributed by atoms with Crippen LogP contribution in [0.1, 0.15) is 25.7 Å². The van der Waals surface area contributed by atoms with Gasteiger partial charge in [0.05, 0.1) is 12.6 Å². The van der Waals surface area contributed by atoms with E-state index < -0.39 is 58.2 Å². The fourth-order valence-corrected chi connectivity index (χ4v) is 3.28. The molecule has 0 fully saturated rings. The highest BCUT2D eigenvalue weighted by atomic mass is 32.2. The van der Waals surface area contributed by atoms with Crippen LogP contribution >= 0.6 is 12.6 Å². The third-order valence-electron chi connectivity index (χ3n) is 4.21. The van der Waals surface area contributed by atoms with Crippen molar-refractivity contribution in [1.82, 2.24) is 20.9 Å². The fraction of sp³-hybridized carbons (Fsp3) is 0.765. The SMILES string of the molecule is CN(CCCCCC(=O)O)CCNC(=O)C(CS(=O)(=O)O)NC(=O)CNC(=O)C(N)CS. The molecule has 0 heterocycles. The van der Waals surface area contributed by atoms with Crippen LogP contribution in [0.15, 0.2) is 0 Å². The topological polar surface area (TPSA) is 208 Å². The van der Waals surface area contributed by atoms with Gasteiger partial charge in [0.2, 0.25) is 17.7 Å². The lowest BCUT2D eigenvalue weighted by molar-refractivity contribution is -0.137. The van der Waals surface area contributed by atoms with Crippen LogP contribution in [0.5, 0.6) is 0 Å². The Balaban J connectivity index is 4.51. The van der Waals surface area contributed by atoms with Crippen molar-refractivity contribution in [1.29, 1.82) is 0 Å². The molecule has 0 rings (SSSR count). The molecule has 0 saturated carbocycles. The van der Waals surface area contributed by atoms with Gasteiger partial charge in [0.1, 0.15) is 11.8 Å². The second-order valence-corrected chi connectivity index (χ2v) is 9.04. The van der Waals surface area contributed by atoms with Gasteiger partial charge >= 0.3 is 5.97 Å². The van der Waals surface area contributed by atoms with Crippen molar-refractivity contribution in [3.05, 3.63) is 0 Å². The Hall–Kier alpha value is -1.94. The van der Waals surface area contributed by atoms with Gasteiger partial charge in [0, 0.05) is 25.3 Å². The molecule has 3 amide bonds. The Labute approximate surface area is 193 Å². The van der Waals surface area contributed by atoms with Gasteiger partial charge in [0.15, 0.2) is 0 Å². The maximum atomic E-state index is 12.3. The van der Waals surface area contributed by atoms with Gasteiger partial charge in [-0.05, 0) is 26.4 Å². The summed E-state index contributed by atoms with van der Waals surface area (Å²) in [6, 6.07) is -2.49. The number of nitrogens with zero attached hydrogens (tertiary/aromatic N) is 1. The second-order valence-electron chi connectivity index (χ2n) is 7.17. The number of nitrogens with one attached hydrogen (secondary N) is 3. The number of likely N-dealkylation sites (N-methyl/N-ethyl adjacent to an activating group) is 1. The summed E-state index contributed by atoms with van der Waals surface area (Å²) in [5.74, 6) is -4.11. The number of carboxylic acid groups (broad SMARTS) is 1. The molecule has 0 aromatic rings. The fourth-order valence-electron chi connectivity index (χ4n) is 2.46. The van der Waals surface area contributed by atoms with Crippen LogP contribution in [0.4, 0.5) is 0 Å². The molecule has 186 valence electrons. The summed E-state index contributed by atoms with van der Waals surface area (Å²) in [6.07, 6.45) is 2.23. The van der Waals surface area contributed by atoms with Crippen molar-refractivity contribution in [3.63, 3.8) is 0 Å². The Kier molecular flexibility index (Phi) is 14.8. The molecular formula is C17H33N5O8S2. The number of rotatable bonds is 17. The van der Waals surface area contributed by atoms with E-state index in [-0.39, 0.29) is 18.7 Å². The zero-order valence-corrected chi connectivity index (χ0v) is 19.7. The molecule has 32 heavy (non-hydrogen) atoms. The molecule has 15 heteroatoms. The molecule has 2 atom stereocenters. The molecule has 13 nitrogen and oxygen atoms in total. The molecule has 0 aliphatic heterocycles. The maximum Gasteiger partial charge on any atom is 0.303 e. The molecule has 0 aromatic carbocycles. The first-order valence-electron chi connectivity index (χ1n) is 9.92. The molecule has 0 spiro atoms. The van der Waals surface area contributed by atoms with E-state index in [1.165, 1.54) is 0 Å². The van der Waals surface area contributed by atoms with E-state index in [0.717, 1.165) is 12.8 Å². The summed E-state index contributed by atoms with van der Waals surface area (Å²) in [7, 11) is -2.77. The predicted octanol–water partition coefficient (Wildman–Crippen LogP) is -2.57. The number of unbranched alkanes of at least 4 members (excludes halogenated alkanes) is 2. The highest BCUT2D eigenvalue weighted by Gasteiger charge is 2.26. The van der Waals surface area contributed by atoms with Crippen LogP contribution < -0.4 is 21.7 Å². The van der Waals surface area contributed by atoms with Gasteiger partial charge in [0.25, 0.3) is 10.1 Å². The van der Waals surface area contributed by atoms with Crippen molar-refractivity contribution < 1.29 is 37.3 Å². The normalized spacial score (nSPS) is 13.3. The number of carboxylic acids is 1. The van der Waals surface area contributed by atoms with Crippen LogP contribution in [0.3, 0.4) is 0 Å². The average Bonchev–Trinajstić information content (AvgIpc) is 2.69. The Morgan fingerprint density at radius 3 is 2.28 bits per heavy atom. The minimum absolute atomic E-state index is 0.0536. The predicted molar refractivity (Wildman–Crippen MR) is 120 cm³/mol. The van der Waals surface area contributed by atoms with Gasteiger partial charge in [-0.3, -0.25) is 23.7 Å². The van der Waals surface area contributed by atoms with E-state index in [4.69, 9.17) is 15.4 Å². The lowest BCUT2D eigenvalue weighted by Crippen LogP contribution is -2.54. The number of aliphatic carboxylic acids is 1. The first-order chi connectivity index (χ1) is 14.9. The van der Waals surface area contributed by atoms with E-state index in [2.05, 4.69) is 28.6 Å². The van der Waals surface area contributed by atoms with Crippen LogP contribution in [0.25, 0.3) is 0 Å². The second kappa shape index (κ2) is 15.8. The van der Waals surface area contributed by atoms with Crippen molar-refractivity contribution in [2.24, 2.45) is 5.73 Å². The largest absolute Gasteiger partial charge is 0.481 e. The van der Waals surface area contributed by atoms with E-state index in [1.54, 1.807) is 7.05 Å². The number of hydrogen-bond acceptors (Lipinski definition) is 9. The molecule has 0 aromatic heterocycles. The highest BCUT2D eigenvalue weighted by molar-refractivity contribution is 7.85. The molecule has 0 bridgehead atoms. The summed E-state index contributed by atoms with van der Waals surface area (Å²) in [5, 5.41) is 15.5. The summed E-state index contributed by atoms with van der Waals surface area (Å²) in [5.41, 5.74) is 5.45. The molecular weight excluding hydrogens is 466 g/mol. The van der Waals surface area contributed by atoms with E-state index in [1.807, 2.05) is 4.90 Å². The van der Waals surface area contributed by atoms with Crippen LogP contribution in [0.2, 0.25) is 0 Å². The van der Waals surface area contributed by atoms with Crippen molar-refractivity contribution in [3.8, 4) is 0 Å². The first-order valence-corrected chi connectivity index (χ1v) is 12.2. The van der Waals surface area contributed by atoms with Crippen molar-refractivity contribution >= 4 is 46.4 Å². The number of carbonyl (C=O) groups is 4. The Morgan fingerprint density at radius 2 is 1.72 bits per heavy atom. The zero-order valence-electron chi connectivity index (χ0n) is 17.9. The number of nitrogens with two attached hydrogens (primary N) is 1. The van der Waals surface area contributed by atoms with E-state index in [0.29, 0.717) is 19.5 Å². The van der Waals surface area contributed by atoms with Gasteiger partial charge in [-0.25, -0.2) is 0 Å². The van der Waals surface area contributed by atoms with Crippen LogP contribution in [-0.2, 0) is 29.3 Å². The number of thiol groups is 1. The quantitative estimate of drug-likeness (QED) is 0.0631. The van der Waals surface area contributed by atoms with E-state index >= 15 is 0 Å². The smallest absolute Gasteiger partial charge is 0.303 e. The summed E-state index contributed by atoms with van der Waals surface area (Å²) >= 11 is 3.85. The number of carbonyl (C=O) groups excluding carboxylic acids is 3. The van der Waals surface area contributed by atoms with Gasteiger partial charge in [-0.2, -0.15) is 21.0 Å². The van der Waals surface area contributed by atoms with Gasteiger partial charge in [-0.1, -0.05) is 6.42 Å². The number of amides is 3. The lowest BCUT2D eigenvalue weighted by Gasteiger charge is -2.20. The molecule has 0 aliphatic rings. The van der Waals surface area contributed by atoms with E-state index in [9.17, 15) is 27.6 Å². The first kappa shape index (κ1) is 30.1. The third-order valence-corrected chi connectivity index (χ3v) is 5.36. The Morgan fingerprint density at radius 1 is 1.06 bits per heavy atom. The Bertz CT molecular complexity index is 734. The summed E-state index contributed by atoms with van der Waals surface area (Å²) < 4.78 is 31.5. The van der Waals surface area contributed by atoms with Crippen molar-refractivity contribution in [2.45, 2.75) is 37.8 Å². The standard InChI is InChI=1S/C17H33N5O8S2/c1-22(7-4-2-3-5-15(24)25)8-6-19-17(27)13(11-32(28,29)30)21-14(23)9-20-16(26)12(18)10-31/h12-13,31H,2-11,18H2,1H3,(H,19,27)(H,20,26)(H,21,23)(H,24,25)(H,28,29,30). The van der Waals surface area contributed by atoms with Crippen LogP contribution in [0, 0.1) is 0 Å². The molecule has 2 unspecified atom stereocenters. The van der Waals surface area contributed by atoms with Gasteiger partial charge in [-0.15, -0.1) is 0 Å². The zero-order chi connectivity index (χ0) is 24.7. The molecule has 0 saturated heterocycles. The molecule has 0 aliphatic carbocycles. The summed E-state index contributed by atoms with van der Waals surface area (Å²) in [6.45, 7) is 0.708. The van der Waals surface area contributed by atoms with Crippen molar-refractivity contribution in [2.75, 3.05) is 44.7 Å². The highest BCUT2D eigenvalue weighted by Crippen LogP contribution is 2.01. The molecule has 0 radical (unpaired) electrons. The number of hydrogen-bond donors (Lipinski definition) is 7. The van der Waals surface area contributed by atoms with Gasteiger partial charge < -0.3 is 31.7 Å². The molecule has 7 N–H and O–H groups in total. The average molecular weight is 500 g/mol. The lowest BCUT2D eigenvalue weighted by atomic mass is 10.2. The minimum atomic E-state index is -4.57. The monoisotopic (exact) mass is 499 g/mol. The third kappa shape index (κ3) is 15.8. The maximum absolute atomic E-state index is 12.3. The summed E-state index contributed by atoms with van der Waals surface area (Å²) in [4.78, 5) is 48.2.